The van der Waals surface area contributed by atoms with Crippen LogP contribution in [0.3, 0.4) is 0 Å². The summed E-state index contributed by atoms with van der Waals surface area (Å²) in [4.78, 5) is 9.12. The second-order valence-electron chi connectivity index (χ2n) is 6.09. The monoisotopic (exact) mass is 362 g/mol. The van der Waals surface area contributed by atoms with Crippen LogP contribution in [-0.2, 0) is 18.4 Å². The molecular formula is C17H19ClN4OS. The molecule has 3 aromatic rings. The molecule has 1 aromatic carbocycles. The van der Waals surface area contributed by atoms with Gasteiger partial charge >= 0.3 is 0 Å². The van der Waals surface area contributed by atoms with Crippen LogP contribution in [-0.4, -0.2) is 15.1 Å². The van der Waals surface area contributed by atoms with Crippen molar-refractivity contribution in [2.24, 2.45) is 5.73 Å². The fraction of sp³-hybridized carbons (Fsp3) is 0.353. The molecule has 0 atom stereocenters. The third kappa shape index (κ3) is 3.50. The molecule has 0 unspecified atom stereocenters. The third-order valence-corrected chi connectivity index (χ3v) is 5.19. The minimum absolute atomic E-state index is 0. The van der Waals surface area contributed by atoms with E-state index in [4.69, 9.17) is 10.3 Å². The van der Waals surface area contributed by atoms with Crippen molar-refractivity contribution in [3.8, 4) is 0 Å². The van der Waals surface area contributed by atoms with Crippen molar-refractivity contribution >= 4 is 23.7 Å². The number of nitrogens with two attached hydrogens (primary N) is 1. The van der Waals surface area contributed by atoms with Crippen LogP contribution in [0.2, 0.25) is 0 Å². The lowest BCUT2D eigenvalue weighted by Crippen LogP contribution is -2.44. The van der Waals surface area contributed by atoms with Gasteiger partial charge in [0.15, 0.2) is 5.82 Å². The number of hydrogen-bond acceptors (Lipinski definition) is 6. The van der Waals surface area contributed by atoms with Gasteiger partial charge in [-0.15, -0.1) is 23.7 Å². The van der Waals surface area contributed by atoms with E-state index in [0.29, 0.717) is 18.1 Å². The first kappa shape index (κ1) is 17.1. The molecule has 5 nitrogen and oxygen atoms in total. The number of hydrogen-bond donors (Lipinski definition) is 1. The topological polar surface area (TPSA) is 77.8 Å². The van der Waals surface area contributed by atoms with E-state index in [9.17, 15) is 0 Å². The third-order valence-electron chi connectivity index (χ3n) is 4.29. The lowest BCUT2D eigenvalue weighted by molar-refractivity contribution is 0.229. The molecule has 0 spiro atoms. The first-order chi connectivity index (χ1) is 11.2. The highest BCUT2D eigenvalue weighted by Crippen LogP contribution is 2.36. The van der Waals surface area contributed by atoms with Gasteiger partial charge in [0.2, 0.25) is 5.89 Å². The summed E-state index contributed by atoms with van der Waals surface area (Å²) in [5.74, 6) is 1.23. The van der Waals surface area contributed by atoms with Gasteiger partial charge in [0.1, 0.15) is 0 Å². The van der Waals surface area contributed by atoms with Crippen molar-refractivity contribution in [3.05, 3.63) is 63.7 Å². The predicted octanol–water partition coefficient (Wildman–Crippen LogP) is 3.47. The lowest BCUT2D eigenvalue weighted by Gasteiger charge is -2.34. The smallest absolute Gasteiger partial charge is 0.232 e. The van der Waals surface area contributed by atoms with Crippen LogP contribution in [0.1, 0.15) is 47.2 Å². The molecule has 7 heteroatoms. The Morgan fingerprint density at radius 1 is 1.12 bits per heavy atom. The van der Waals surface area contributed by atoms with E-state index >= 15 is 0 Å². The van der Waals surface area contributed by atoms with Gasteiger partial charge in [0.05, 0.1) is 22.7 Å². The molecule has 4 rings (SSSR count). The normalized spacial score (nSPS) is 15.5. The Kier molecular flexibility index (Phi) is 4.99. The number of thiazole rings is 1. The summed E-state index contributed by atoms with van der Waals surface area (Å²) >= 11 is 1.67. The van der Waals surface area contributed by atoms with Crippen LogP contribution in [0.4, 0.5) is 0 Å². The Labute approximate surface area is 150 Å². The minimum Gasteiger partial charge on any atom is -0.339 e. The largest absolute Gasteiger partial charge is 0.339 e. The maximum atomic E-state index is 6.22. The fourth-order valence-electron chi connectivity index (χ4n) is 2.75. The van der Waals surface area contributed by atoms with Gasteiger partial charge in [-0.2, -0.15) is 4.98 Å². The van der Waals surface area contributed by atoms with Gasteiger partial charge < -0.3 is 10.3 Å². The van der Waals surface area contributed by atoms with Crippen LogP contribution in [0, 0.1) is 0 Å². The standard InChI is InChI=1S/C17H18N4OS.ClH/c18-17(7-4-8-17)16-20-14(22-21-16)10-13-11-23-15(19-13)9-12-5-2-1-3-6-12;/h1-3,5-6,11H,4,7-10,18H2;1H. The zero-order chi connectivity index (χ0) is 15.7. The van der Waals surface area contributed by atoms with Crippen molar-refractivity contribution in [2.45, 2.75) is 37.6 Å². The van der Waals surface area contributed by atoms with E-state index in [1.807, 2.05) is 18.2 Å². The highest BCUT2D eigenvalue weighted by Gasteiger charge is 2.38. The second-order valence-corrected chi connectivity index (χ2v) is 7.04. The molecule has 0 amide bonds. The van der Waals surface area contributed by atoms with E-state index < -0.39 is 0 Å². The average molecular weight is 363 g/mol. The summed E-state index contributed by atoms with van der Waals surface area (Å²) in [7, 11) is 0. The van der Waals surface area contributed by atoms with Crippen LogP contribution >= 0.6 is 23.7 Å². The molecule has 126 valence electrons. The van der Waals surface area contributed by atoms with Crippen molar-refractivity contribution in [3.63, 3.8) is 0 Å². The molecule has 0 saturated heterocycles. The SMILES string of the molecule is Cl.NC1(c2noc(Cc3csc(Cc4ccccc4)n3)n2)CCC1. The number of aromatic nitrogens is 3. The Bertz CT molecular complexity index is 798. The molecule has 0 bridgehead atoms. The van der Waals surface area contributed by atoms with Gasteiger partial charge in [-0.25, -0.2) is 4.98 Å². The Morgan fingerprint density at radius 2 is 1.92 bits per heavy atom. The van der Waals surface area contributed by atoms with E-state index in [-0.39, 0.29) is 17.9 Å². The highest BCUT2D eigenvalue weighted by molar-refractivity contribution is 7.09. The fourth-order valence-corrected chi connectivity index (χ4v) is 3.57. The summed E-state index contributed by atoms with van der Waals surface area (Å²) in [5.41, 5.74) is 8.09. The van der Waals surface area contributed by atoms with Crippen molar-refractivity contribution in [1.82, 2.24) is 15.1 Å². The van der Waals surface area contributed by atoms with E-state index in [1.54, 1.807) is 11.3 Å². The van der Waals surface area contributed by atoms with Crippen LogP contribution in [0.15, 0.2) is 40.2 Å². The first-order valence-electron chi connectivity index (χ1n) is 7.80. The van der Waals surface area contributed by atoms with Crippen LogP contribution in [0.5, 0.6) is 0 Å². The van der Waals surface area contributed by atoms with E-state index in [0.717, 1.165) is 36.4 Å². The molecule has 2 aromatic heterocycles. The molecule has 1 fully saturated rings. The highest BCUT2D eigenvalue weighted by atomic mass is 35.5. The Hall–Kier alpha value is -1.76. The molecule has 24 heavy (non-hydrogen) atoms. The van der Waals surface area contributed by atoms with E-state index in [1.165, 1.54) is 5.56 Å². The summed E-state index contributed by atoms with van der Waals surface area (Å²) < 4.78 is 5.34. The van der Waals surface area contributed by atoms with Crippen LogP contribution < -0.4 is 5.73 Å². The molecule has 0 aliphatic heterocycles. The lowest BCUT2D eigenvalue weighted by atomic mass is 9.77. The van der Waals surface area contributed by atoms with Gasteiger partial charge in [-0.05, 0) is 24.8 Å². The molecule has 2 N–H and O–H groups in total. The number of rotatable bonds is 5. The van der Waals surface area contributed by atoms with Gasteiger partial charge in [-0.1, -0.05) is 35.5 Å². The summed E-state index contributed by atoms with van der Waals surface area (Å²) in [6, 6.07) is 10.4. The quantitative estimate of drug-likeness (QED) is 0.751. The molecule has 1 aliphatic carbocycles. The number of nitrogens with zero attached hydrogens (tertiary/aromatic N) is 3. The zero-order valence-corrected chi connectivity index (χ0v) is 14.8. The number of benzene rings is 1. The molecule has 1 saturated carbocycles. The zero-order valence-electron chi connectivity index (χ0n) is 13.1. The minimum atomic E-state index is -0.373. The average Bonchev–Trinajstić information content (AvgIpc) is 3.16. The van der Waals surface area contributed by atoms with Gasteiger partial charge in [-0.3, -0.25) is 0 Å². The van der Waals surface area contributed by atoms with Crippen LogP contribution in [0.25, 0.3) is 0 Å². The second kappa shape index (κ2) is 7.01. The van der Waals surface area contributed by atoms with Crippen molar-refractivity contribution in [2.75, 3.05) is 0 Å². The predicted molar refractivity (Wildman–Crippen MR) is 95.4 cm³/mol. The molecular weight excluding hydrogens is 344 g/mol. The maximum absolute atomic E-state index is 6.22. The van der Waals surface area contributed by atoms with Gasteiger partial charge in [0.25, 0.3) is 0 Å². The van der Waals surface area contributed by atoms with Crippen molar-refractivity contribution in [1.29, 1.82) is 0 Å². The Balaban J connectivity index is 0.00000169. The maximum Gasteiger partial charge on any atom is 0.232 e. The summed E-state index contributed by atoms with van der Waals surface area (Å²) in [6.45, 7) is 0. The molecule has 1 aliphatic rings. The first-order valence-corrected chi connectivity index (χ1v) is 8.68. The summed E-state index contributed by atoms with van der Waals surface area (Å²) in [5, 5.41) is 7.20. The summed E-state index contributed by atoms with van der Waals surface area (Å²) in [6.07, 6.45) is 4.42. The van der Waals surface area contributed by atoms with Crippen molar-refractivity contribution < 1.29 is 4.52 Å². The molecule has 2 heterocycles. The van der Waals surface area contributed by atoms with Gasteiger partial charge in [0, 0.05) is 11.8 Å². The number of halogens is 1. The van der Waals surface area contributed by atoms with E-state index in [2.05, 4.69) is 32.6 Å². The Morgan fingerprint density at radius 3 is 2.62 bits per heavy atom. The molecule has 0 radical (unpaired) electrons.